The molecule has 3 heteroatoms. The Morgan fingerprint density at radius 1 is 1.12 bits per heavy atom. The number of hydrogen-bond acceptors (Lipinski definition) is 3. The predicted octanol–water partition coefficient (Wildman–Crippen LogP) is 2.57. The average molecular weight is 257 g/mol. The smallest absolute Gasteiger partial charge is 0.0460 e. The minimum atomic E-state index is 0.381. The summed E-state index contributed by atoms with van der Waals surface area (Å²) in [5.74, 6) is 1.61. The highest BCUT2D eigenvalue weighted by Gasteiger charge is 2.33. The number of aliphatic hydroxyl groups excluding tert-OH is 1. The summed E-state index contributed by atoms with van der Waals surface area (Å²) in [5.41, 5.74) is 0.493. The Bertz CT molecular complexity index is 220. The minimum Gasteiger partial charge on any atom is -0.396 e. The van der Waals surface area contributed by atoms with Gasteiger partial charge in [0.25, 0.3) is 0 Å². The lowest BCUT2D eigenvalue weighted by Crippen LogP contribution is -2.44. The number of aliphatic hydroxyl groups is 1. The molecule has 1 aliphatic heterocycles. The van der Waals surface area contributed by atoms with Gasteiger partial charge in [0.1, 0.15) is 0 Å². The van der Waals surface area contributed by atoms with Gasteiger partial charge in [-0.15, -0.1) is 0 Å². The van der Waals surface area contributed by atoms with E-state index in [9.17, 15) is 0 Å². The molecule has 2 nitrogen and oxygen atoms in total. The molecule has 0 radical (unpaired) electrons. The van der Waals surface area contributed by atoms with E-state index in [1.165, 1.54) is 64.6 Å². The first-order valence-corrected chi connectivity index (χ1v) is 7.85. The minimum absolute atomic E-state index is 0.381. The molecule has 0 unspecified atom stereocenters. The zero-order valence-corrected chi connectivity index (χ0v) is 11.8. The second kappa shape index (κ2) is 6.44. The van der Waals surface area contributed by atoms with Gasteiger partial charge in [-0.3, -0.25) is 0 Å². The number of rotatable bonds is 4. The second-order valence-electron chi connectivity index (χ2n) is 6.12. The van der Waals surface area contributed by atoms with Crippen molar-refractivity contribution in [3.8, 4) is 0 Å². The summed E-state index contributed by atoms with van der Waals surface area (Å²) >= 11 is 4.62. The van der Waals surface area contributed by atoms with E-state index in [4.69, 9.17) is 5.11 Å². The summed E-state index contributed by atoms with van der Waals surface area (Å²) < 4.78 is 0. The van der Waals surface area contributed by atoms with Crippen molar-refractivity contribution in [3.63, 3.8) is 0 Å². The van der Waals surface area contributed by atoms with Crippen molar-refractivity contribution in [2.75, 3.05) is 32.0 Å². The molecule has 0 aromatic carbocycles. The van der Waals surface area contributed by atoms with E-state index < -0.39 is 0 Å². The van der Waals surface area contributed by atoms with Crippen LogP contribution < -0.4 is 0 Å². The van der Waals surface area contributed by atoms with E-state index in [1.807, 2.05) is 0 Å². The summed E-state index contributed by atoms with van der Waals surface area (Å²) in [6.07, 6.45) is 9.31. The molecule has 0 bridgehead atoms. The lowest BCUT2D eigenvalue weighted by molar-refractivity contribution is 0.0791. The van der Waals surface area contributed by atoms with Crippen molar-refractivity contribution < 1.29 is 5.11 Å². The van der Waals surface area contributed by atoms with Crippen molar-refractivity contribution in [1.82, 2.24) is 4.90 Å². The van der Waals surface area contributed by atoms with Crippen molar-refractivity contribution in [1.29, 1.82) is 0 Å². The third-order valence-electron chi connectivity index (χ3n) is 4.77. The maximum Gasteiger partial charge on any atom is 0.0460 e. The standard InChI is InChI=1S/C14H27NOS/c16-10-13-4-8-15(9-5-13)11-14(12-17)6-2-1-3-7-14/h13,16-17H,1-12H2. The van der Waals surface area contributed by atoms with Crippen LogP contribution in [0.1, 0.15) is 44.9 Å². The first-order valence-electron chi connectivity index (χ1n) is 7.22. The van der Waals surface area contributed by atoms with Gasteiger partial charge >= 0.3 is 0 Å². The fraction of sp³-hybridized carbons (Fsp3) is 1.00. The Kier molecular flexibility index (Phi) is 5.19. The Morgan fingerprint density at radius 3 is 2.29 bits per heavy atom. The highest BCUT2D eigenvalue weighted by Crippen LogP contribution is 2.38. The third kappa shape index (κ3) is 3.62. The van der Waals surface area contributed by atoms with Crippen molar-refractivity contribution in [2.45, 2.75) is 44.9 Å². The molecular weight excluding hydrogens is 230 g/mol. The van der Waals surface area contributed by atoms with Gasteiger partial charge in [-0.2, -0.15) is 12.6 Å². The van der Waals surface area contributed by atoms with Gasteiger partial charge in [-0.1, -0.05) is 19.3 Å². The molecular formula is C14H27NOS. The van der Waals surface area contributed by atoms with Crippen molar-refractivity contribution in [3.05, 3.63) is 0 Å². The first kappa shape index (κ1) is 13.7. The van der Waals surface area contributed by atoms with Crippen LogP contribution in [0.25, 0.3) is 0 Å². The van der Waals surface area contributed by atoms with Gasteiger partial charge in [0.2, 0.25) is 0 Å². The maximum absolute atomic E-state index is 9.16. The summed E-state index contributed by atoms with van der Waals surface area (Å²) in [6.45, 7) is 3.99. The molecule has 0 aromatic rings. The molecule has 17 heavy (non-hydrogen) atoms. The molecule has 2 rings (SSSR count). The van der Waals surface area contributed by atoms with Gasteiger partial charge < -0.3 is 10.0 Å². The summed E-state index contributed by atoms with van der Waals surface area (Å²) in [6, 6.07) is 0. The zero-order chi connectivity index (χ0) is 12.1. The molecule has 2 fully saturated rings. The molecule has 0 spiro atoms. The topological polar surface area (TPSA) is 23.5 Å². The van der Waals surface area contributed by atoms with Gasteiger partial charge in [0, 0.05) is 13.2 Å². The Hall–Kier alpha value is 0.270. The number of piperidine rings is 1. The fourth-order valence-electron chi connectivity index (χ4n) is 3.47. The SMILES string of the molecule is OCC1CCN(CC2(CS)CCCCC2)CC1. The number of likely N-dealkylation sites (tertiary alicyclic amines) is 1. The van der Waals surface area contributed by atoms with Gasteiger partial charge in [-0.05, 0) is 55.9 Å². The van der Waals surface area contributed by atoms with E-state index in [0.717, 1.165) is 5.75 Å². The highest BCUT2D eigenvalue weighted by atomic mass is 32.1. The van der Waals surface area contributed by atoms with Crippen LogP contribution in [0.15, 0.2) is 0 Å². The summed E-state index contributed by atoms with van der Waals surface area (Å²) in [4.78, 5) is 2.62. The zero-order valence-electron chi connectivity index (χ0n) is 10.9. The molecule has 100 valence electrons. The number of nitrogens with zero attached hydrogens (tertiary/aromatic N) is 1. The second-order valence-corrected chi connectivity index (χ2v) is 6.44. The molecule has 1 aliphatic carbocycles. The van der Waals surface area contributed by atoms with Gasteiger partial charge in [-0.25, -0.2) is 0 Å². The average Bonchev–Trinajstić information content (AvgIpc) is 2.41. The molecule has 0 aromatic heterocycles. The van der Waals surface area contributed by atoms with Crippen LogP contribution in [0, 0.1) is 11.3 Å². The van der Waals surface area contributed by atoms with E-state index in [-0.39, 0.29) is 0 Å². The largest absolute Gasteiger partial charge is 0.396 e. The van der Waals surface area contributed by atoms with Gasteiger partial charge in [0.15, 0.2) is 0 Å². The normalized spacial score (nSPS) is 27.2. The van der Waals surface area contributed by atoms with Crippen molar-refractivity contribution >= 4 is 12.6 Å². The molecule has 1 heterocycles. The summed E-state index contributed by atoms with van der Waals surface area (Å²) in [5, 5.41) is 9.16. The highest BCUT2D eigenvalue weighted by molar-refractivity contribution is 7.80. The Labute approximate surface area is 111 Å². The van der Waals surface area contributed by atoms with E-state index in [1.54, 1.807) is 0 Å². The molecule has 0 atom stereocenters. The first-order chi connectivity index (χ1) is 8.28. The molecule has 1 N–H and O–H groups in total. The van der Waals surface area contributed by atoms with Crippen LogP contribution >= 0.6 is 12.6 Å². The maximum atomic E-state index is 9.16. The van der Waals surface area contributed by atoms with Crippen LogP contribution in [-0.2, 0) is 0 Å². The Balaban J connectivity index is 1.82. The van der Waals surface area contributed by atoms with Crippen LogP contribution in [0.5, 0.6) is 0 Å². The fourth-order valence-corrected chi connectivity index (χ4v) is 3.89. The molecule has 1 saturated carbocycles. The van der Waals surface area contributed by atoms with Crippen LogP contribution in [0.4, 0.5) is 0 Å². The quantitative estimate of drug-likeness (QED) is 0.756. The van der Waals surface area contributed by atoms with Crippen LogP contribution in [-0.4, -0.2) is 42.0 Å². The summed E-state index contributed by atoms with van der Waals surface area (Å²) in [7, 11) is 0. The van der Waals surface area contributed by atoms with E-state index in [2.05, 4.69) is 17.5 Å². The van der Waals surface area contributed by atoms with Crippen LogP contribution in [0.2, 0.25) is 0 Å². The van der Waals surface area contributed by atoms with Crippen LogP contribution in [0.3, 0.4) is 0 Å². The molecule has 1 saturated heterocycles. The van der Waals surface area contributed by atoms with E-state index >= 15 is 0 Å². The predicted molar refractivity (Wildman–Crippen MR) is 75.6 cm³/mol. The Morgan fingerprint density at radius 2 is 1.76 bits per heavy atom. The van der Waals surface area contributed by atoms with Gasteiger partial charge in [0.05, 0.1) is 0 Å². The lowest BCUT2D eigenvalue weighted by atomic mass is 9.75. The lowest BCUT2D eigenvalue weighted by Gasteiger charge is -2.42. The number of hydrogen-bond donors (Lipinski definition) is 2. The van der Waals surface area contributed by atoms with Crippen molar-refractivity contribution in [2.24, 2.45) is 11.3 Å². The third-order valence-corrected chi connectivity index (χ3v) is 5.44. The van der Waals surface area contributed by atoms with E-state index in [0.29, 0.717) is 17.9 Å². The number of thiol groups is 1. The molecule has 2 aliphatic rings. The molecule has 0 amide bonds. The monoisotopic (exact) mass is 257 g/mol.